The number of phenolic OH excluding ortho intramolecular Hbond substituents is 1. The molecule has 0 radical (unpaired) electrons. The molecular formula is C20H29NO3. The van der Waals surface area contributed by atoms with Crippen LogP contribution in [0.2, 0.25) is 0 Å². The fourth-order valence-corrected chi connectivity index (χ4v) is 3.75. The predicted molar refractivity (Wildman–Crippen MR) is 95.5 cm³/mol. The second-order valence-corrected chi connectivity index (χ2v) is 8.09. The van der Waals surface area contributed by atoms with Gasteiger partial charge < -0.3 is 19.5 Å². The van der Waals surface area contributed by atoms with Gasteiger partial charge in [-0.15, -0.1) is 0 Å². The third kappa shape index (κ3) is 3.69. The normalized spacial score (nSPS) is 19.8. The van der Waals surface area contributed by atoms with Crippen LogP contribution in [0.5, 0.6) is 11.5 Å². The number of benzene rings is 1. The molecule has 1 N–H and O–H groups in total. The van der Waals surface area contributed by atoms with Gasteiger partial charge in [-0.3, -0.25) is 0 Å². The van der Waals surface area contributed by atoms with E-state index in [1.807, 2.05) is 6.07 Å². The lowest BCUT2D eigenvalue weighted by molar-refractivity contribution is 0.0430. The van der Waals surface area contributed by atoms with Gasteiger partial charge in [-0.1, -0.05) is 12.6 Å². The van der Waals surface area contributed by atoms with Crippen LogP contribution in [0, 0.1) is 0 Å². The molecule has 1 spiro atoms. The maximum Gasteiger partial charge on any atom is 0.126 e. The van der Waals surface area contributed by atoms with E-state index in [0.717, 1.165) is 57.0 Å². The Morgan fingerprint density at radius 2 is 2.04 bits per heavy atom. The van der Waals surface area contributed by atoms with E-state index in [2.05, 4.69) is 32.3 Å². The van der Waals surface area contributed by atoms with Gasteiger partial charge in [0, 0.05) is 30.0 Å². The Labute approximate surface area is 145 Å². The number of nitrogens with zero attached hydrogens (tertiary/aromatic N) is 1. The smallest absolute Gasteiger partial charge is 0.126 e. The second kappa shape index (κ2) is 6.32. The quantitative estimate of drug-likeness (QED) is 0.851. The van der Waals surface area contributed by atoms with E-state index >= 15 is 0 Å². The highest BCUT2D eigenvalue weighted by atomic mass is 16.5. The number of rotatable bonds is 4. The first-order chi connectivity index (χ1) is 11.3. The monoisotopic (exact) mass is 331 g/mol. The summed E-state index contributed by atoms with van der Waals surface area (Å²) in [7, 11) is 0. The summed E-state index contributed by atoms with van der Waals surface area (Å²) in [6.07, 6.45) is 3.07. The van der Waals surface area contributed by atoms with Crippen molar-refractivity contribution in [3.8, 4) is 11.5 Å². The molecule has 1 aromatic rings. The van der Waals surface area contributed by atoms with Crippen molar-refractivity contribution in [1.82, 2.24) is 4.90 Å². The van der Waals surface area contributed by atoms with Crippen molar-refractivity contribution in [2.75, 3.05) is 26.2 Å². The molecule has 0 bridgehead atoms. The van der Waals surface area contributed by atoms with Crippen LogP contribution < -0.4 is 4.74 Å². The van der Waals surface area contributed by atoms with Crippen molar-refractivity contribution in [3.63, 3.8) is 0 Å². The molecule has 0 atom stereocenters. The van der Waals surface area contributed by atoms with Crippen molar-refractivity contribution in [2.24, 2.45) is 0 Å². The van der Waals surface area contributed by atoms with Crippen molar-refractivity contribution in [2.45, 2.75) is 51.0 Å². The molecule has 1 aromatic carbocycles. The first kappa shape index (κ1) is 17.2. The first-order valence-corrected chi connectivity index (χ1v) is 8.83. The Kier molecular flexibility index (Phi) is 4.52. The molecule has 0 aromatic heterocycles. The summed E-state index contributed by atoms with van der Waals surface area (Å²) in [5.41, 5.74) is 1.22. The first-order valence-electron chi connectivity index (χ1n) is 8.83. The van der Waals surface area contributed by atoms with Crippen LogP contribution in [0.1, 0.15) is 45.6 Å². The summed E-state index contributed by atoms with van der Waals surface area (Å²) >= 11 is 0. The molecule has 4 heteroatoms. The van der Waals surface area contributed by atoms with Gasteiger partial charge in [0.05, 0.1) is 12.4 Å². The van der Waals surface area contributed by atoms with Crippen LogP contribution in [0.3, 0.4) is 0 Å². The number of phenols is 1. The topological polar surface area (TPSA) is 41.9 Å². The molecule has 0 amide bonds. The Balaban J connectivity index is 1.53. The zero-order valence-corrected chi connectivity index (χ0v) is 15.1. The highest BCUT2D eigenvalue weighted by molar-refractivity contribution is 5.48. The summed E-state index contributed by atoms with van der Waals surface area (Å²) in [5, 5.41) is 9.62. The molecule has 132 valence electrons. The van der Waals surface area contributed by atoms with Crippen LogP contribution in [-0.4, -0.2) is 41.8 Å². The van der Waals surface area contributed by atoms with Gasteiger partial charge in [0.2, 0.25) is 0 Å². The summed E-state index contributed by atoms with van der Waals surface area (Å²) in [6.45, 7) is 14.1. The van der Waals surface area contributed by atoms with Crippen LogP contribution >= 0.6 is 0 Å². The van der Waals surface area contributed by atoms with Crippen molar-refractivity contribution in [3.05, 3.63) is 36.1 Å². The fourth-order valence-electron chi connectivity index (χ4n) is 3.75. The molecule has 0 aliphatic carbocycles. The Morgan fingerprint density at radius 1 is 1.33 bits per heavy atom. The zero-order valence-electron chi connectivity index (χ0n) is 15.1. The Hall–Kier alpha value is -1.68. The van der Waals surface area contributed by atoms with E-state index in [1.165, 1.54) is 5.56 Å². The van der Waals surface area contributed by atoms with Crippen LogP contribution in [-0.2, 0) is 10.2 Å². The number of hydrogen-bond donors (Lipinski definition) is 1. The van der Waals surface area contributed by atoms with Crippen molar-refractivity contribution in [1.29, 1.82) is 0 Å². The molecular weight excluding hydrogens is 302 g/mol. The molecule has 4 nitrogen and oxygen atoms in total. The lowest BCUT2D eigenvalue weighted by atomic mass is 9.74. The number of likely N-dealkylation sites (tertiary alicyclic amines) is 1. The standard InChI is InChI=1S/C20H29NO3/c1-15(24-19(2,3)4)7-10-21-11-8-20(9-12-21)14-23-18-13-16(22)5-6-17(18)20/h5-6,13,22H,1,7-12,14H2,2-4H3. The maximum atomic E-state index is 9.62. The fraction of sp³-hybridized carbons (Fsp3) is 0.600. The van der Waals surface area contributed by atoms with E-state index in [1.54, 1.807) is 12.1 Å². The van der Waals surface area contributed by atoms with Gasteiger partial charge in [0.15, 0.2) is 0 Å². The SMILES string of the molecule is C=C(CCN1CCC2(CC1)COc1cc(O)ccc12)OC(C)(C)C. The van der Waals surface area contributed by atoms with Gasteiger partial charge in [0.1, 0.15) is 17.1 Å². The van der Waals surface area contributed by atoms with Crippen LogP contribution in [0.15, 0.2) is 30.5 Å². The predicted octanol–water partition coefficient (Wildman–Crippen LogP) is 3.84. The minimum Gasteiger partial charge on any atom is -0.508 e. The van der Waals surface area contributed by atoms with Crippen molar-refractivity contribution < 1.29 is 14.6 Å². The number of hydrogen-bond acceptors (Lipinski definition) is 4. The van der Waals surface area contributed by atoms with E-state index in [4.69, 9.17) is 9.47 Å². The zero-order chi connectivity index (χ0) is 17.4. The molecule has 1 saturated heterocycles. The lowest BCUT2D eigenvalue weighted by Crippen LogP contribution is -2.44. The van der Waals surface area contributed by atoms with Gasteiger partial charge in [-0.05, 0) is 52.8 Å². The lowest BCUT2D eigenvalue weighted by Gasteiger charge is -2.38. The highest BCUT2D eigenvalue weighted by Crippen LogP contribution is 2.46. The van der Waals surface area contributed by atoms with Gasteiger partial charge in [-0.25, -0.2) is 0 Å². The Bertz CT molecular complexity index is 610. The van der Waals surface area contributed by atoms with Gasteiger partial charge in [-0.2, -0.15) is 0 Å². The van der Waals surface area contributed by atoms with E-state index in [0.29, 0.717) is 0 Å². The molecule has 2 aliphatic heterocycles. The van der Waals surface area contributed by atoms with Gasteiger partial charge in [0.25, 0.3) is 0 Å². The van der Waals surface area contributed by atoms with E-state index in [9.17, 15) is 5.11 Å². The summed E-state index contributed by atoms with van der Waals surface area (Å²) in [6, 6.07) is 5.55. The minimum atomic E-state index is -0.167. The van der Waals surface area contributed by atoms with E-state index < -0.39 is 0 Å². The Morgan fingerprint density at radius 3 is 2.71 bits per heavy atom. The summed E-state index contributed by atoms with van der Waals surface area (Å²) < 4.78 is 11.7. The minimum absolute atomic E-state index is 0.123. The summed E-state index contributed by atoms with van der Waals surface area (Å²) in [5.74, 6) is 2.00. The van der Waals surface area contributed by atoms with Crippen LogP contribution in [0.4, 0.5) is 0 Å². The van der Waals surface area contributed by atoms with E-state index in [-0.39, 0.29) is 16.8 Å². The van der Waals surface area contributed by atoms with Crippen LogP contribution in [0.25, 0.3) is 0 Å². The second-order valence-electron chi connectivity index (χ2n) is 8.09. The third-order valence-electron chi connectivity index (χ3n) is 5.01. The largest absolute Gasteiger partial charge is 0.508 e. The van der Waals surface area contributed by atoms with Gasteiger partial charge >= 0.3 is 0 Å². The molecule has 2 heterocycles. The average molecular weight is 331 g/mol. The third-order valence-corrected chi connectivity index (χ3v) is 5.01. The molecule has 0 unspecified atom stereocenters. The molecule has 2 aliphatic rings. The number of aromatic hydroxyl groups is 1. The molecule has 0 saturated carbocycles. The van der Waals surface area contributed by atoms with Crippen molar-refractivity contribution >= 4 is 0 Å². The highest BCUT2D eigenvalue weighted by Gasteiger charge is 2.43. The number of fused-ring (bicyclic) bond motifs is 2. The molecule has 3 rings (SSSR count). The number of ether oxygens (including phenoxy) is 2. The molecule has 1 fully saturated rings. The summed E-state index contributed by atoms with van der Waals surface area (Å²) in [4.78, 5) is 2.49. The maximum absolute atomic E-state index is 9.62. The average Bonchev–Trinajstić information content (AvgIpc) is 2.83. The molecule has 24 heavy (non-hydrogen) atoms. The number of piperidine rings is 1.